The van der Waals surface area contributed by atoms with Gasteiger partial charge in [-0.1, -0.05) is 151 Å². The van der Waals surface area contributed by atoms with Crippen LogP contribution in [0.3, 0.4) is 0 Å². The van der Waals surface area contributed by atoms with Crippen molar-refractivity contribution in [1.82, 2.24) is 0 Å². The summed E-state index contributed by atoms with van der Waals surface area (Å²) in [5, 5.41) is 6.97. The SMILES string of the molecule is CCCCCC[Si]1(CCCCCC)c2cc([Si](C)(C)C)ccc2-c2ccc([Si](C)(C)C)cc21. The summed E-state index contributed by atoms with van der Waals surface area (Å²) in [4.78, 5) is 0. The molecule has 0 atom stereocenters. The lowest BCUT2D eigenvalue weighted by molar-refractivity contribution is 0.684. The fourth-order valence-corrected chi connectivity index (χ4v) is 14.1. The normalized spacial score (nSPS) is 14.9. The molecule has 0 aromatic heterocycles. The summed E-state index contributed by atoms with van der Waals surface area (Å²) in [6.45, 7) is 19.8. The lowest BCUT2D eigenvalue weighted by Crippen LogP contribution is -2.57. The third-order valence-corrected chi connectivity index (χ3v) is 17.4. The summed E-state index contributed by atoms with van der Waals surface area (Å²) in [6.07, 6.45) is 11.1. The monoisotopic (exact) mass is 494 g/mol. The number of hydrogen-bond donors (Lipinski definition) is 0. The van der Waals surface area contributed by atoms with E-state index in [9.17, 15) is 0 Å². The molecule has 3 rings (SSSR count). The van der Waals surface area contributed by atoms with Crippen LogP contribution in [-0.2, 0) is 0 Å². The van der Waals surface area contributed by atoms with Crippen molar-refractivity contribution in [3.05, 3.63) is 36.4 Å². The molecule has 3 heteroatoms. The van der Waals surface area contributed by atoms with Crippen molar-refractivity contribution < 1.29 is 0 Å². The molecule has 182 valence electrons. The van der Waals surface area contributed by atoms with Gasteiger partial charge in [0, 0.05) is 0 Å². The van der Waals surface area contributed by atoms with Crippen LogP contribution in [0.15, 0.2) is 36.4 Å². The molecule has 2 aromatic carbocycles. The van der Waals surface area contributed by atoms with Crippen LogP contribution in [0.2, 0.25) is 51.4 Å². The van der Waals surface area contributed by atoms with Gasteiger partial charge >= 0.3 is 0 Å². The standard InChI is InChI=1S/C30H50Si3/c1-9-11-13-15-21-33(22-16-14-12-10-2)29-23-25(31(3,4)5)17-19-27(29)28-20-18-26(24-30(28)33)32(6,7)8/h17-20,23-24H,9-16,21-22H2,1-8H3. The minimum Gasteiger partial charge on any atom is -0.0656 e. The maximum absolute atomic E-state index is 2.74. The van der Waals surface area contributed by atoms with Gasteiger partial charge in [0.2, 0.25) is 0 Å². The molecule has 0 fully saturated rings. The van der Waals surface area contributed by atoms with E-state index in [-0.39, 0.29) is 0 Å². The van der Waals surface area contributed by atoms with Crippen LogP contribution in [0, 0.1) is 0 Å². The first kappa shape index (κ1) is 26.7. The van der Waals surface area contributed by atoms with Gasteiger partial charge in [0.25, 0.3) is 0 Å². The highest BCUT2D eigenvalue weighted by Gasteiger charge is 2.45. The van der Waals surface area contributed by atoms with Gasteiger partial charge in [-0.05, 0) is 33.6 Å². The fourth-order valence-electron chi connectivity index (χ4n) is 5.80. The summed E-state index contributed by atoms with van der Waals surface area (Å²) >= 11 is 0. The molecule has 0 unspecified atom stereocenters. The van der Waals surface area contributed by atoms with Crippen LogP contribution >= 0.6 is 0 Å². The van der Waals surface area contributed by atoms with Crippen LogP contribution in [0.1, 0.15) is 65.2 Å². The van der Waals surface area contributed by atoms with Crippen LogP contribution in [-0.4, -0.2) is 24.2 Å². The Morgan fingerprint density at radius 2 is 0.939 bits per heavy atom. The highest BCUT2D eigenvalue weighted by atomic mass is 28.3. The Balaban J connectivity index is 2.18. The molecule has 33 heavy (non-hydrogen) atoms. The lowest BCUT2D eigenvalue weighted by Gasteiger charge is -2.32. The zero-order valence-corrected chi connectivity index (χ0v) is 26.0. The Bertz CT molecular complexity index is 853. The molecule has 0 bridgehead atoms. The van der Waals surface area contributed by atoms with Gasteiger partial charge in [-0.25, -0.2) is 0 Å². The molecule has 0 spiro atoms. The largest absolute Gasteiger partial charge is 0.119 e. The maximum atomic E-state index is 2.74. The number of rotatable bonds is 12. The summed E-state index contributed by atoms with van der Waals surface area (Å²) in [7, 11) is -4.43. The average Bonchev–Trinajstić information content (AvgIpc) is 3.02. The van der Waals surface area contributed by atoms with Crippen molar-refractivity contribution in [2.75, 3.05) is 0 Å². The number of benzene rings is 2. The third kappa shape index (κ3) is 5.85. The molecule has 1 aliphatic heterocycles. The minimum atomic E-state index is -1.75. The van der Waals surface area contributed by atoms with E-state index >= 15 is 0 Å². The molecule has 0 N–H and O–H groups in total. The van der Waals surface area contributed by atoms with Crippen molar-refractivity contribution in [1.29, 1.82) is 0 Å². The Hall–Kier alpha value is -0.909. The lowest BCUT2D eigenvalue weighted by atomic mass is 10.1. The zero-order valence-electron chi connectivity index (χ0n) is 23.0. The van der Waals surface area contributed by atoms with Gasteiger partial charge in [-0.15, -0.1) is 0 Å². The van der Waals surface area contributed by atoms with E-state index in [1.54, 1.807) is 21.5 Å². The highest BCUT2D eigenvalue weighted by Crippen LogP contribution is 2.35. The molecule has 0 saturated heterocycles. The smallest absolute Gasteiger partial charge is 0.0656 e. The summed E-state index contributed by atoms with van der Waals surface area (Å²) in [5.41, 5.74) is 3.21. The molecule has 1 heterocycles. The molecule has 1 aliphatic rings. The highest BCUT2D eigenvalue weighted by molar-refractivity contribution is 7.06. The van der Waals surface area contributed by atoms with Crippen molar-refractivity contribution in [3.8, 4) is 11.1 Å². The van der Waals surface area contributed by atoms with Gasteiger partial charge in [-0.3, -0.25) is 0 Å². The van der Waals surface area contributed by atoms with E-state index in [1.165, 1.54) is 63.5 Å². The van der Waals surface area contributed by atoms with Gasteiger partial charge < -0.3 is 0 Å². The van der Waals surface area contributed by atoms with Crippen molar-refractivity contribution in [3.63, 3.8) is 0 Å². The summed E-state index contributed by atoms with van der Waals surface area (Å²) in [6, 6.07) is 18.4. The zero-order chi connectivity index (χ0) is 24.3. The van der Waals surface area contributed by atoms with E-state index in [0.29, 0.717) is 0 Å². The Labute approximate surface area is 208 Å². The van der Waals surface area contributed by atoms with E-state index in [0.717, 1.165) is 0 Å². The molecule has 2 aromatic rings. The molecular weight excluding hydrogens is 445 g/mol. The predicted molar refractivity (Wildman–Crippen MR) is 161 cm³/mol. The van der Waals surface area contributed by atoms with E-state index in [1.807, 2.05) is 10.4 Å². The molecule has 0 amide bonds. The maximum Gasteiger partial charge on any atom is 0.119 e. The average molecular weight is 495 g/mol. The van der Waals surface area contributed by atoms with Gasteiger partial charge in [0.1, 0.15) is 8.07 Å². The van der Waals surface area contributed by atoms with E-state index in [4.69, 9.17) is 0 Å². The topological polar surface area (TPSA) is 0 Å². The summed E-state index contributed by atoms with van der Waals surface area (Å²) < 4.78 is 0. The van der Waals surface area contributed by atoms with Gasteiger partial charge in [0.15, 0.2) is 0 Å². The molecule has 0 saturated carbocycles. The Morgan fingerprint density at radius 1 is 0.545 bits per heavy atom. The molecule has 0 radical (unpaired) electrons. The number of fused-ring (bicyclic) bond motifs is 3. The number of hydrogen-bond acceptors (Lipinski definition) is 0. The van der Waals surface area contributed by atoms with E-state index in [2.05, 4.69) is 89.5 Å². The van der Waals surface area contributed by atoms with Crippen LogP contribution in [0.5, 0.6) is 0 Å². The molecule has 0 aliphatic carbocycles. The fraction of sp³-hybridized carbons (Fsp3) is 0.600. The Kier molecular flexibility index (Phi) is 8.72. The first-order chi connectivity index (χ1) is 15.5. The summed E-state index contributed by atoms with van der Waals surface area (Å²) in [5.74, 6) is 0. The van der Waals surface area contributed by atoms with Crippen LogP contribution < -0.4 is 20.7 Å². The van der Waals surface area contributed by atoms with Crippen LogP contribution in [0.25, 0.3) is 11.1 Å². The first-order valence-corrected chi connectivity index (χ1v) is 23.3. The molecular formula is C30H50Si3. The van der Waals surface area contributed by atoms with Crippen molar-refractivity contribution >= 4 is 45.0 Å². The second kappa shape index (κ2) is 10.8. The van der Waals surface area contributed by atoms with Crippen LogP contribution in [0.4, 0.5) is 0 Å². The second-order valence-corrected chi connectivity index (χ2v) is 27.1. The minimum absolute atomic E-state index is 1.33. The van der Waals surface area contributed by atoms with Crippen molar-refractivity contribution in [2.24, 2.45) is 0 Å². The predicted octanol–water partition coefficient (Wildman–Crippen LogP) is 7.48. The first-order valence-electron chi connectivity index (χ1n) is 13.8. The Morgan fingerprint density at radius 3 is 1.27 bits per heavy atom. The molecule has 0 nitrogen and oxygen atoms in total. The second-order valence-electron chi connectivity index (χ2n) is 12.7. The number of unbranched alkanes of at least 4 members (excludes halogenated alkanes) is 6. The van der Waals surface area contributed by atoms with Gasteiger partial charge in [-0.2, -0.15) is 0 Å². The third-order valence-electron chi connectivity index (χ3n) is 8.01. The van der Waals surface area contributed by atoms with Gasteiger partial charge in [0.05, 0.1) is 16.1 Å². The quantitative estimate of drug-likeness (QED) is 0.212. The van der Waals surface area contributed by atoms with E-state index < -0.39 is 24.2 Å². The van der Waals surface area contributed by atoms with Crippen molar-refractivity contribution in [2.45, 2.75) is 117 Å².